The summed E-state index contributed by atoms with van der Waals surface area (Å²) in [5.74, 6) is -0.178. The van der Waals surface area contributed by atoms with Gasteiger partial charge in [0.2, 0.25) is 0 Å². The minimum absolute atomic E-state index is 0.178. The van der Waals surface area contributed by atoms with Crippen LogP contribution in [0.3, 0.4) is 0 Å². The number of benzene rings is 2. The van der Waals surface area contributed by atoms with E-state index in [-0.39, 0.29) is 17.5 Å². The van der Waals surface area contributed by atoms with E-state index in [1.165, 1.54) is 18.2 Å². The zero-order valence-electron chi connectivity index (χ0n) is 11.9. The summed E-state index contributed by atoms with van der Waals surface area (Å²) in [6.07, 6.45) is -4.75. The number of nitrogens with one attached hydrogen (secondary N) is 2. The summed E-state index contributed by atoms with van der Waals surface area (Å²) >= 11 is 0. The Hall–Kier alpha value is -2.90. The standard InChI is InChI=1S/C15H12F3N3O2/c1-19-9-5-6-12-13(7-9)21-14(20-12)22-10-3-2-4-11(8-10)23-15(16,17)18/h2-8,19H,1H3,(H,20,21). The predicted octanol–water partition coefficient (Wildman–Crippen LogP) is 4.30. The molecule has 2 N–H and O–H groups in total. The van der Waals surface area contributed by atoms with Crippen LogP contribution in [0.2, 0.25) is 0 Å². The predicted molar refractivity (Wildman–Crippen MR) is 78.8 cm³/mol. The Balaban J connectivity index is 1.83. The number of fused-ring (bicyclic) bond motifs is 1. The number of aromatic nitrogens is 2. The molecule has 5 nitrogen and oxygen atoms in total. The van der Waals surface area contributed by atoms with E-state index < -0.39 is 6.36 Å². The van der Waals surface area contributed by atoms with E-state index in [9.17, 15) is 13.2 Å². The van der Waals surface area contributed by atoms with E-state index in [2.05, 4.69) is 20.0 Å². The Kier molecular flexibility index (Phi) is 3.73. The van der Waals surface area contributed by atoms with E-state index >= 15 is 0 Å². The number of hydrogen-bond donors (Lipinski definition) is 2. The number of rotatable bonds is 4. The molecule has 0 aliphatic rings. The van der Waals surface area contributed by atoms with E-state index in [1.54, 1.807) is 13.1 Å². The molecular formula is C15H12F3N3O2. The third kappa shape index (κ3) is 3.65. The maximum absolute atomic E-state index is 12.2. The number of ether oxygens (including phenoxy) is 2. The summed E-state index contributed by atoms with van der Waals surface area (Å²) in [4.78, 5) is 7.17. The van der Waals surface area contributed by atoms with Crippen LogP contribution in [0.15, 0.2) is 42.5 Å². The highest BCUT2D eigenvalue weighted by molar-refractivity contribution is 5.79. The van der Waals surface area contributed by atoms with Gasteiger partial charge in [0.15, 0.2) is 0 Å². The van der Waals surface area contributed by atoms with Gasteiger partial charge in [-0.2, -0.15) is 4.98 Å². The average Bonchev–Trinajstić information content (AvgIpc) is 2.86. The molecule has 0 saturated carbocycles. The zero-order chi connectivity index (χ0) is 16.4. The van der Waals surface area contributed by atoms with Gasteiger partial charge in [-0.05, 0) is 30.3 Å². The Bertz CT molecular complexity index is 830. The molecule has 2 aromatic carbocycles. The SMILES string of the molecule is CNc1ccc2nc(Oc3cccc(OC(F)(F)F)c3)[nH]c2c1. The quantitative estimate of drug-likeness (QED) is 0.752. The summed E-state index contributed by atoms with van der Waals surface area (Å²) < 4.78 is 46.0. The first-order valence-corrected chi connectivity index (χ1v) is 6.64. The number of nitrogens with zero attached hydrogens (tertiary/aromatic N) is 1. The Morgan fingerprint density at radius 2 is 1.87 bits per heavy atom. The van der Waals surface area contributed by atoms with Crippen molar-refractivity contribution in [3.05, 3.63) is 42.5 Å². The smallest absolute Gasteiger partial charge is 0.425 e. The van der Waals surface area contributed by atoms with Crippen LogP contribution in [0.4, 0.5) is 18.9 Å². The molecule has 0 unspecified atom stereocenters. The third-order valence-corrected chi connectivity index (χ3v) is 3.00. The summed E-state index contributed by atoms with van der Waals surface area (Å²) in [6, 6.07) is 10.9. The maximum atomic E-state index is 12.2. The molecule has 120 valence electrons. The maximum Gasteiger partial charge on any atom is 0.573 e. The van der Waals surface area contributed by atoms with Gasteiger partial charge in [0.1, 0.15) is 11.5 Å². The lowest BCUT2D eigenvalue weighted by molar-refractivity contribution is -0.274. The first-order chi connectivity index (χ1) is 10.9. The molecule has 0 aliphatic heterocycles. The van der Waals surface area contributed by atoms with Crippen molar-refractivity contribution in [3.63, 3.8) is 0 Å². The second kappa shape index (κ2) is 5.71. The molecule has 0 atom stereocenters. The molecule has 0 fully saturated rings. The van der Waals surface area contributed by atoms with Gasteiger partial charge in [0.05, 0.1) is 11.0 Å². The van der Waals surface area contributed by atoms with Gasteiger partial charge in [-0.1, -0.05) is 6.07 Å². The van der Waals surface area contributed by atoms with Crippen LogP contribution in [0, 0.1) is 0 Å². The second-order valence-electron chi connectivity index (χ2n) is 4.65. The minimum atomic E-state index is -4.75. The van der Waals surface area contributed by atoms with Gasteiger partial charge in [-0.15, -0.1) is 13.2 Å². The monoisotopic (exact) mass is 323 g/mol. The molecule has 0 aliphatic carbocycles. The van der Waals surface area contributed by atoms with Gasteiger partial charge < -0.3 is 19.8 Å². The van der Waals surface area contributed by atoms with Crippen LogP contribution in [0.25, 0.3) is 11.0 Å². The van der Waals surface area contributed by atoms with Crippen molar-refractivity contribution in [1.82, 2.24) is 9.97 Å². The number of imidazole rings is 1. The van der Waals surface area contributed by atoms with Gasteiger partial charge in [0.25, 0.3) is 6.01 Å². The van der Waals surface area contributed by atoms with E-state index in [4.69, 9.17) is 4.74 Å². The van der Waals surface area contributed by atoms with Gasteiger partial charge in [0, 0.05) is 18.8 Å². The largest absolute Gasteiger partial charge is 0.573 e. The van der Waals surface area contributed by atoms with Crippen molar-refractivity contribution >= 4 is 16.7 Å². The lowest BCUT2D eigenvalue weighted by Gasteiger charge is -2.09. The zero-order valence-corrected chi connectivity index (χ0v) is 11.9. The molecule has 0 saturated heterocycles. The normalized spacial score (nSPS) is 11.5. The molecule has 3 rings (SSSR count). The van der Waals surface area contributed by atoms with Crippen LogP contribution < -0.4 is 14.8 Å². The Morgan fingerprint density at radius 1 is 1.09 bits per heavy atom. The number of anilines is 1. The van der Waals surface area contributed by atoms with Crippen molar-refractivity contribution in [2.75, 3.05) is 12.4 Å². The van der Waals surface area contributed by atoms with Crippen molar-refractivity contribution in [2.45, 2.75) is 6.36 Å². The first kappa shape index (κ1) is 15.0. The van der Waals surface area contributed by atoms with E-state index in [0.717, 1.165) is 17.3 Å². The van der Waals surface area contributed by atoms with Crippen LogP contribution in [0.1, 0.15) is 0 Å². The minimum Gasteiger partial charge on any atom is -0.425 e. The molecule has 23 heavy (non-hydrogen) atoms. The van der Waals surface area contributed by atoms with Crippen molar-refractivity contribution in [2.24, 2.45) is 0 Å². The Labute approximate surface area is 129 Å². The van der Waals surface area contributed by atoms with Crippen molar-refractivity contribution in [3.8, 4) is 17.5 Å². The van der Waals surface area contributed by atoms with Gasteiger partial charge in [-0.3, -0.25) is 0 Å². The number of aromatic amines is 1. The first-order valence-electron chi connectivity index (χ1n) is 6.64. The number of H-pyrrole nitrogens is 1. The van der Waals surface area contributed by atoms with E-state index in [1.807, 2.05) is 12.1 Å². The lowest BCUT2D eigenvalue weighted by atomic mass is 10.3. The molecule has 0 amide bonds. The topological polar surface area (TPSA) is 59.2 Å². The van der Waals surface area contributed by atoms with Crippen LogP contribution in [0.5, 0.6) is 17.5 Å². The molecule has 1 heterocycles. The van der Waals surface area contributed by atoms with Crippen LogP contribution >= 0.6 is 0 Å². The fraction of sp³-hybridized carbons (Fsp3) is 0.133. The summed E-state index contributed by atoms with van der Waals surface area (Å²) in [5, 5.41) is 3.00. The van der Waals surface area contributed by atoms with Gasteiger partial charge >= 0.3 is 6.36 Å². The number of halogens is 3. The molecule has 3 aromatic rings. The number of alkyl halides is 3. The highest BCUT2D eigenvalue weighted by Crippen LogP contribution is 2.29. The van der Waals surface area contributed by atoms with Crippen LogP contribution in [-0.2, 0) is 0 Å². The average molecular weight is 323 g/mol. The van der Waals surface area contributed by atoms with Crippen molar-refractivity contribution < 1.29 is 22.6 Å². The van der Waals surface area contributed by atoms with Gasteiger partial charge in [-0.25, -0.2) is 0 Å². The highest BCUT2D eigenvalue weighted by Gasteiger charge is 2.31. The summed E-state index contributed by atoms with van der Waals surface area (Å²) in [6.45, 7) is 0. The molecule has 8 heteroatoms. The fourth-order valence-corrected chi connectivity index (χ4v) is 2.04. The Morgan fingerprint density at radius 3 is 2.61 bits per heavy atom. The highest BCUT2D eigenvalue weighted by atomic mass is 19.4. The molecular weight excluding hydrogens is 311 g/mol. The lowest BCUT2D eigenvalue weighted by Crippen LogP contribution is -2.17. The molecule has 0 spiro atoms. The molecule has 0 bridgehead atoms. The number of hydrogen-bond acceptors (Lipinski definition) is 4. The fourth-order valence-electron chi connectivity index (χ4n) is 2.04. The van der Waals surface area contributed by atoms with Crippen LogP contribution in [-0.4, -0.2) is 23.4 Å². The van der Waals surface area contributed by atoms with Crippen molar-refractivity contribution in [1.29, 1.82) is 0 Å². The summed E-state index contributed by atoms with van der Waals surface area (Å²) in [5.41, 5.74) is 2.32. The second-order valence-corrected chi connectivity index (χ2v) is 4.65. The van der Waals surface area contributed by atoms with E-state index in [0.29, 0.717) is 5.52 Å². The molecule has 0 radical (unpaired) electrons. The summed E-state index contributed by atoms with van der Waals surface area (Å²) in [7, 11) is 1.79. The third-order valence-electron chi connectivity index (χ3n) is 3.00. The molecule has 1 aromatic heterocycles.